The van der Waals surface area contributed by atoms with Crippen LogP contribution in [0.3, 0.4) is 0 Å². The van der Waals surface area contributed by atoms with Gasteiger partial charge >= 0.3 is 0 Å². The van der Waals surface area contributed by atoms with Crippen LogP contribution in [-0.4, -0.2) is 23.2 Å². The van der Waals surface area contributed by atoms with Crippen LogP contribution in [0.15, 0.2) is 66.7 Å². The molecule has 6 heteroatoms. The number of nitrogens with one attached hydrogen (secondary N) is 1. The number of amides is 1. The lowest BCUT2D eigenvalue weighted by atomic mass is 9.92. The first-order valence-corrected chi connectivity index (χ1v) is 10.4. The van der Waals surface area contributed by atoms with Crippen molar-refractivity contribution in [2.75, 3.05) is 5.32 Å². The average molecular weight is 420 g/mol. The third kappa shape index (κ3) is 4.86. The van der Waals surface area contributed by atoms with Gasteiger partial charge in [-0.05, 0) is 61.6 Å². The van der Waals surface area contributed by atoms with E-state index in [4.69, 9.17) is 10.5 Å². The summed E-state index contributed by atoms with van der Waals surface area (Å²) in [7, 11) is 0. The third-order valence-corrected chi connectivity index (χ3v) is 5.60. The molecule has 1 saturated carbocycles. The molecule has 0 saturated heterocycles. The van der Waals surface area contributed by atoms with E-state index >= 15 is 0 Å². The van der Waals surface area contributed by atoms with Gasteiger partial charge in [-0.2, -0.15) is 0 Å². The molecule has 0 atom stereocenters. The maximum absolute atomic E-state index is 14.1. The zero-order valence-electron chi connectivity index (χ0n) is 17.1. The SMILES string of the molecule is NC(=O)c1ccc(-c2ccccc2Oc2ccccc2F)cc1N[C@H]1CC[C@H](O)CC1. The van der Waals surface area contributed by atoms with Crippen molar-refractivity contribution in [2.24, 2.45) is 5.73 Å². The van der Waals surface area contributed by atoms with Crippen LogP contribution in [0, 0.1) is 5.82 Å². The number of ether oxygens (including phenoxy) is 1. The van der Waals surface area contributed by atoms with E-state index in [1.54, 1.807) is 36.4 Å². The summed E-state index contributed by atoms with van der Waals surface area (Å²) in [6.45, 7) is 0. The van der Waals surface area contributed by atoms with E-state index in [1.807, 2.05) is 24.3 Å². The van der Waals surface area contributed by atoms with E-state index in [9.17, 15) is 14.3 Å². The highest BCUT2D eigenvalue weighted by atomic mass is 19.1. The maximum Gasteiger partial charge on any atom is 0.250 e. The first-order chi connectivity index (χ1) is 15.0. The molecule has 4 N–H and O–H groups in total. The van der Waals surface area contributed by atoms with E-state index in [0.717, 1.165) is 36.8 Å². The fourth-order valence-electron chi connectivity index (χ4n) is 3.93. The van der Waals surface area contributed by atoms with Crippen molar-refractivity contribution < 1.29 is 19.0 Å². The number of benzene rings is 3. The molecule has 0 bridgehead atoms. The highest BCUT2D eigenvalue weighted by Gasteiger charge is 2.21. The van der Waals surface area contributed by atoms with Gasteiger partial charge in [0.2, 0.25) is 0 Å². The zero-order valence-corrected chi connectivity index (χ0v) is 17.1. The Balaban J connectivity index is 1.67. The quantitative estimate of drug-likeness (QED) is 0.518. The fourth-order valence-corrected chi connectivity index (χ4v) is 3.93. The van der Waals surface area contributed by atoms with Crippen LogP contribution in [-0.2, 0) is 0 Å². The van der Waals surface area contributed by atoms with Gasteiger partial charge in [0, 0.05) is 17.3 Å². The van der Waals surface area contributed by atoms with Crippen molar-refractivity contribution in [3.05, 3.63) is 78.1 Å². The van der Waals surface area contributed by atoms with Crippen LogP contribution in [0.1, 0.15) is 36.0 Å². The van der Waals surface area contributed by atoms with Gasteiger partial charge in [0.25, 0.3) is 5.91 Å². The second-order valence-electron chi connectivity index (χ2n) is 7.80. The number of carbonyl (C=O) groups excluding carboxylic acids is 1. The molecule has 160 valence electrons. The summed E-state index contributed by atoms with van der Waals surface area (Å²) < 4.78 is 20.0. The van der Waals surface area contributed by atoms with Crippen LogP contribution < -0.4 is 15.8 Å². The Bertz CT molecular complexity index is 1080. The van der Waals surface area contributed by atoms with Crippen molar-refractivity contribution in [3.8, 4) is 22.6 Å². The molecule has 0 unspecified atom stereocenters. The Morgan fingerprint density at radius 3 is 2.35 bits per heavy atom. The number of hydrogen-bond acceptors (Lipinski definition) is 4. The van der Waals surface area contributed by atoms with Crippen LogP contribution in [0.4, 0.5) is 10.1 Å². The topological polar surface area (TPSA) is 84.6 Å². The zero-order chi connectivity index (χ0) is 21.8. The van der Waals surface area contributed by atoms with Crippen molar-refractivity contribution in [1.29, 1.82) is 0 Å². The molecule has 3 aromatic carbocycles. The highest BCUT2D eigenvalue weighted by Crippen LogP contribution is 2.36. The summed E-state index contributed by atoms with van der Waals surface area (Å²) >= 11 is 0. The Kier molecular flexibility index (Phi) is 6.18. The number of hydrogen-bond donors (Lipinski definition) is 3. The molecule has 31 heavy (non-hydrogen) atoms. The van der Waals surface area contributed by atoms with Gasteiger partial charge in [-0.25, -0.2) is 4.39 Å². The largest absolute Gasteiger partial charge is 0.454 e. The lowest BCUT2D eigenvalue weighted by Crippen LogP contribution is -2.29. The minimum atomic E-state index is -0.513. The summed E-state index contributed by atoms with van der Waals surface area (Å²) in [6.07, 6.45) is 2.82. The van der Waals surface area contributed by atoms with E-state index < -0.39 is 11.7 Å². The highest BCUT2D eigenvalue weighted by molar-refractivity contribution is 5.99. The summed E-state index contributed by atoms with van der Waals surface area (Å²) in [5.74, 6) is -0.307. The number of para-hydroxylation sites is 2. The molecule has 0 spiro atoms. The van der Waals surface area contributed by atoms with Gasteiger partial charge in [-0.1, -0.05) is 36.4 Å². The van der Waals surface area contributed by atoms with E-state index in [1.165, 1.54) is 6.07 Å². The van der Waals surface area contributed by atoms with Crippen molar-refractivity contribution in [2.45, 2.75) is 37.8 Å². The predicted octanol–water partition coefficient (Wildman–Crippen LogP) is 5.10. The molecular weight excluding hydrogens is 395 g/mol. The number of primary amides is 1. The summed E-state index contributed by atoms with van der Waals surface area (Å²) in [5, 5.41) is 13.2. The number of aliphatic hydroxyl groups excluding tert-OH is 1. The van der Waals surface area contributed by atoms with Crippen molar-refractivity contribution in [3.63, 3.8) is 0 Å². The van der Waals surface area contributed by atoms with Gasteiger partial charge in [-0.3, -0.25) is 4.79 Å². The number of anilines is 1. The van der Waals surface area contributed by atoms with Gasteiger partial charge in [0.05, 0.1) is 11.7 Å². The molecular formula is C25H25FN2O3. The van der Waals surface area contributed by atoms with Crippen LogP contribution in [0.2, 0.25) is 0 Å². The van der Waals surface area contributed by atoms with Crippen LogP contribution >= 0.6 is 0 Å². The van der Waals surface area contributed by atoms with Gasteiger partial charge in [0.1, 0.15) is 5.75 Å². The Labute approximate surface area is 180 Å². The molecule has 0 aliphatic heterocycles. The summed E-state index contributed by atoms with van der Waals surface area (Å²) in [6, 6.07) is 19.1. The minimum absolute atomic E-state index is 0.141. The average Bonchev–Trinajstić information content (AvgIpc) is 2.77. The number of carbonyl (C=O) groups is 1. The Morgan fingerprint density at radius 1 is 0.968 bits per heavy atom. The normalized spacial score (nSPS) is 18.4. The van der Waals surface area contributed by atoms with Crippen molar-refractivity contribution >= 4 is 11.6 Å². The second-order valence-corrected chi connectivity index (χ2v) is 7.80. The number of nitrogens with two attached hydrogens (primary N) is 1. The fraction of sp³-hybridized carbons (Fsp3) is 0.240. The monoisotopic (exact) mass is 420 g/mol. The number of halogens is 1. The third-order valence-electron chi connectivity index (χ3n) is 5.60. The first-order valence-electron chi connectivity index (χ1n) is 10.4. The molecule has 1 aliphatic carbocycles. The Morgan fingerprint density at radius 2 is 1.65 bits per heavy atom. The molecule has 1 amide bonds. The lowest BCUT2D eigenvalue weighted by molar-refractivity contribution is 0.100. The van der Waals surface area contributed by atoms with Gasteiger partial charge in [0.15, 0.2) is 11.6 Å². The van der Waals surface area contributed by atoms with Crippen LogP contribution in [0.5, 0.6) is 11.5 Å². The number of rotatable bonds is 6. The van der Waals surface area contributed by atoms with Crippen molar-refractivity contribution in [1.82, 2.24) is 0 Å². The Hall–Kier alpha value is -3.38. The maximum atomic E-state index is 14.1. The minimum Gasteiger partial charge on any atom is -0.454 e. The standard InChI is InChI=1S/C25H25FN2O3/c26-21-6-2-4-8-24(21)31-23-7-3-1-5-19(23)16-9-14-20(25(27)30)22(15-16)28-17-10-12-18(29)13-11-17/h1-9,14-15,17-18,28-29H,10-13H2,(H2,27,30)/t17-,18-. The van der Waals surface area contributed by atoms with Crippen LogP contribution in [0.25, 0.3) is 11.1 Å². The number of aliphatic hydroxyl groups is 1. The molecule has 3 aromatic rings. The van der Waals surface area contributed by atoms with E-state index in [0.29, 0.717) is 17.0 Å². The molecule has 5 nitrogen and oxygen atoms in total. The van der Waals surface area contributed by atoms with Gasteiger partial charge < -0.3 is 20.9 Å². The molecule has 1 aliphatic rings. The second kappa shape index (κ2) is 9.18. The lowest BCUT2D eigenvalue weighted by Gasteiger charge is -2.28. The van der Waals surface area contributed by atoms with Gasteiger partial charge in [-0.15, -0.1) is 0 Å². The first kappa shape index (κ1) is 20.9. The van der Waals surface area contributed by atoms with E-state index in [2.05, 4.69) is 5.32 Å². The smallest absolute Gasteiger partial charge is 0.250 e. The molecule has 0 heterocycles. The molecule has 0 aromatic heterocycles. The summed E-state index contributed by atoms with van der Waals surface area (Å²) in [4.78, 5) is 12.0. The molecule has 1 fully saturated rings. The molecule has 4 rings (SSSR count). The molecule has 0 radical (unpaired) electrons. The summed E-state index contributed by atoms with van der Waals surface area (Å²) in [5.41, 5.74) is 8.23. The van der Waals surface area contributed by atoms with E-state index in [-0.39, 0.29) is 17.9 Å². The predicted molar refractivity (Wildman–Crippen MR) is 119 cm³/mol.